The molecule has 11 heteroatoms. The standard InChI is InChI=1S/C23H36N6O5/c1-5-6-11-27-18(31)16(17(24)25)19(32)29(21(27)34)14-7-9-23(4,10-8-14)13-28-20(33)26-15(30)12-22(28,2)3/h14,31H,5-13H2,1-4H3,(H3,24,25)(H,26,30,33). The zero-order valence-corrected chi connectivity index (χ0v) is 20.4. The van der Waals surface area contributed by atoms with Gasteiger partial charge in [0, 0.05) is 31.1 Å². The number of nitrogens with one attached hydrogen (secondary N) is 2. The van der Waals surface area contributed by atoms with Crippen molar-refractivity contribution in [1.82, 2.24) is 19.4 Å². The van der Waals surface area contributed by atoms with E-state index in [1.54, 1.807) is 4.90 Å². The summed E-state index contributed by atoms with van der Waals surface area (Å²) >= 11 is 0. The van der Waals surface area contributed by atoms with Crippen LogP contribution in [0, 0.1) is 10.8 Å². The quantitative estimate of drug-likeness (QED) is 0.345. The number of amidine groups is 1. The monoisotopic (exact) mass is 476 g/mol. The Morgan fingerprint density at radius 2 is 1.79 bits per heavy atom. The summed E-state index contributed by atoms with van der Waals surface area (Å²) in [5, 5.41) is 20.6. The Morgan fingerprint density at radius 1 is 1.18 bits per heavy atom. The smallest absolute Gasteiger partial charge is 0.334 e. The highest BCUT2D eigenvalue weighted by molar-refractivity contribution is 5.98. The summed E-state index contributed by atoms with van der Waals surface area (Å²) in [5.41, 5.74) is 3.05. The fraction of sp³-hybridized carbons (Fsp3) is 0.696. The Kier molecular flexibility index (Phi) is 6.95. The fourth-order valence-corrected chi connectivity index (χ4v) is 5.11. The van der Waals surface area contributed by atoms with Crippen LogP contribution in [0.1, 0.15) is 84.2 Å². The molecule has 3 rings (SSSR count). The van der Waals surface area contributed by atoms with Gasteiger partial charge in [-0.3, -0.25) is 29.4 Å². The predicted molar refractivity (Wildman–Crippen MR) is 127 cm³/mol. The van der Waals surface area contributed by atoms with Crippen molar-refractivity contribution in [2.24, 2.45) is 11.1 Å². The lowest BCUT2D eigenvalue weighted by molar-refractivity contribution is -0.125. The average molecular weight is 477 g/mol. The molecule has 1 saturated carbocycles. The van der Waals surface area contributed by atoms with E-state index in [1.807, 2.05) is 20.8 Å². The molecule has 0 atom stereocenters. The number of carbonyl (C=O) groups is 2. The number of hydrogen-bond acceptors (Lipinski definition) is 6. The number of amides is 3. The lowest BCUT2D eigenvalue weighted by Gasteiger charge is -2.48. The van der Waals surface area contributed by atoms with Crippen molar-refractivity contribution in [1.29, 1.82) is 5.41 Å². The van der Waals surface area contributed by atoms with Crippen LogP contribution in [-0.2, 0) is 11.3 Å². The van der Waals surface area contributed by atoms with Gasteiger partial charge in [-0.25, -0.2) is 9.59 Å². The maximum absolute atomic E-state index is 13.2. The first-order valence-corrected chi connectivity index (χ1v) is 11.9. The van der Waals surface area contributed by atoms with Gasteiger partial charge in [-0.2, -0.15) is 0 Å². The van der Waals surface area contributed by atoms with Crippen molar-refractivity contribution in [3.63, 3.8) is 0 Å². The Labute approximate surface area is 198 Å². The summed E-state index contributed by atoms with van der Waals surface area (Å²) in [6.07, 6.45) is 4.00. The summed E-state index contributed by atoms with van der Waals surface area (Å²) in [6, 6.07) is -0.798. The van der Waals surface area contributed by atoms with Crippen molar-refractivity contribution < 1.29 is 14.7 Å². The molecule has 11 nitrogen and oxygen atoms in total. The molecule has 2 aliphatic rings. The molecule has 1 saturated heterocycles. The van der Waals surface area contributed by atoms with Gasteiger partial charge in [0.05, 0.1) is 0 Å². The van der Waals surface area contributed by atoms with E-state index in [1.165, 1.54) is 0 Å². The average Bonchev–Trinajstić information content (AvgIpc) is 2.71. The van der Waals surface area contributed by atoms with Gasteiger partial charge in [0.25, 0.3) is 5.56 Å². The lowest BCUT2D eigenvalue weighted by Crippen LogP contribution is -2.62. The van der Waals surface area contributed by atoms with Gasteiger partial charge in [0.2, 0.25) is 11.8 Å². The van der Waals surface area contributed by atoms with E-state index in [0.717, 1.165) is 15.6 Å². The minimum absolute atomic E-state index is 0.226. The van der Waals surface area contributed by atoms with Crippen LogP contribution in [-0.4, -0.2) is 49.0 Å². The largest absolute Gasteiger partial charge is 0.494 e. The van der Waals surface area contributed by atoms with E-state index in [4.69, 9.17) is 11.1 Å². The predicted octanol–water partition coefficient (Wildman–Crippen LogP) is 1.64. The van der Waals surface area contributed by atoms with Gasteiger partial charge in [-0.1, -0.05) is 20.3 Å². The molecule has 188 valence electrons. The normalized spacial score (nSPS) is 24.7. The molecule has 0 bridgehead atoms. The van der Waals surface area contributed by atoms with Crippen LogP contribution in [0.4, 0.5) is 4.79 Å². The molecule has 1 aromatic heterocycles. The maximum Gasteiger partial charge on any atom is 0.334 e. The number of nitrogens with zero attached hydrogens (tertiary/aromatic N) is 3. The second kappa shape index (κ2) is 9.27. The summed E-state index contributed by atoms with van der Waals surface area (Å²) < 4.78 is 2.27. The molecular formula is C23H36N6O5. The third-order valence-electron chi connectivity index (χ3n) is 7.24. The molecule has 0 radical (unpaired) electrons. The first kappa shape index (κ1) is 25.5. The summed E-state index contributed by atoms with van der Waals surface area (Å²) in [6.45, 7) is 8.45. The van der Waals surface area contributed by atoms with Gasteiger partial charge in [0.1, 0.15) is 11.4 Å². The molecule has 3 amide bonds. The minimum Gasteiger partial charge on any atom is -0.494 e. The van der Waals surface area contributed by atoms with Crippen molar-refractivity contribution in [2.45, 2.75) is 90.8 Å². The van der Waals surface area contributed by atoms with Crippen LogP contribution in [0.15, 0.2) is 9.59 Å². The van der Waals surface area contributed by atoms with E-state index in [2.05, 4.69) is 12.2 Å². The van der Waals surface area contributed by atoms with Crippen LogP contribution in [0.25, 0.3) is 0 Å². The van der Waals surface area contributed by atoms with E-state index >= 15 is 0 Å². The number of hydrogen-bond donors (Lipinski definition) is 4. The molecule has 0 unspecified atom stereocenters. The molecule has 1 aliphatic carbocycles. The van der Waals surface area contributed by atoms with Crippen LogP contribution in [0.2, 0.25) is 0 Å². The third kappa shape index (κ3) is 4.74. The summed E-state index contributed by atoms with van der Waals surface area (Å²) in [4.78, 5) is 52.3. The zero-order valence-electron chi connectivity index (χ0n) is 20.4. The number of aromatic nitrogens is 2. The maximum atomic E-state index is 13.2. The Bertz CT molecular complexity index is 1110. The highest BCUT2D eigenvalue weighted by Crippen LogP contribution is 2.42. The van der Waals surface area contributed by atoms with Gasteiger partial charge < -0.3 is 15.7 Å². The number of unbranched alkanes of at least 4 members (excludes halogenated alkanes) is 1. The van der Waals surface area contributed by atoms with Crippen molar-refractivity contribution in [2.75, 3.05) is 6.54 Å². The Balaban J connectivity index is 1.87. The van der Waals surface area contributed by atoms with Gasteiger partial charge in [-0.05, 0) is 51.4 Å². The van der Waals surface area contributed by atoms with Crippen molar-refractivity contribution >= 4 is 17.8 Å². The molecule has 1 aliphatic heterocycles. The molecule has 1 aromatic rings. The summed E-state index contributed by atoms with van der Waals surface area (Å²) in [5.74, 6) is -1.41. The van der Waals surface area contributed by atoms with E-state index in [0.29, 0.717) is 38.6 Å². The van der Waals surface area contributed by atoms with Crippen LogP contribution in [0.5, 0.6) is 5.88 Å². The number of rotatable bonds is 7. The molecule has 0 spiro atoms. The van der Waals surface area contributed by atoms with Crippen molar-refractivity contribution in [3.8, 4) is 5.88 Å². The number of aromatic hydroxyl groups is 1. The fourth-order valence-electron chi connectivity index (χ4n) is 5.11. The lowest BCUT2D eigenvalue weighted by atomic mass is 9.72. The molecule has 34 heavy (non-hydrogen) atoms. The highest BCUT2D eigenvalue weighted by atomic mass is 16.3. The number of nitrogens with two attached hydrogens (primary N) is 1. The van der Waals surface area contributed by atoms with Crippen LogP contribution >= 0.6 is 0 Å². The summed E-state index contributed by atoms with van der Waals surface area (Å²) in [7, 11) is 0. The van der Waals surface area contributed by atoms with Crippen LogP contribution < -0.4 is 22.3 Å². The number of urea groups is 1. The van der Waals surface area contributed by atoms with E-state index in [-0.39, 0.29) is 29.9 Å². The van der Waals surface area contributed by atoms with Gasteiger partial charge >= 0.3 is 11.7 Å². The van der Waals surface area contributed by atoms with E-state index in [9.17, 15) is 24.3 Å². The Hall–Kier alpha value is -3.11. The Morgan fingerprint density at radius 3 is 2.32 bits per heavy atom. The first-order valence-electron chi connectivity index (χ1n) is 11.9. The molecular weight excluding hydrogens is 440 g/mol. The third-order valence-corrected chi connectivity index (χ3v) is 7.24. The number of carbonyl (C=O) groups excluding carboxylic acids is 2. The topological polar surface area (TPSA) is 164 Å². The van der Waals surface area contributed by atoms with Crippen molar-refractivity contribution in [3.05, 3.63) is 26.4 Å². The van der Waals surface area contributed by atoms with Crippen LogP contribution in [0.3, 0.4) is 0 Å². The highest BCUT2D eigenvalue weighted by Gasteiger charge is 2.43. The zero-order chi connectivity index (χ0) is 25.4. The first-order chi connectivity index (χ1) is 15.8. The minimum atomic E-state index is -0.744. The molecule has 2 heterocycles. The number of nitrogen functional groups attached to an aromatic ring is 1. The molecule has 5 N–H and O–H groups in total. The van der Waals surface area contributed by atoms with E-state index < -0.39 is 40.6 Å². The second-order valence-corrected chi connectivity index (χ2v) is 10.5. The second-order valence-electron chi connectivity index (χ2n) is 10.5. The molecule has 0 aromatic carbocycles. The molecule has 2 fully saturated rings. The van der Waals surface area contributed by atoms with Gasteiger partial charge in [0.15, 0.2) is 0 Å². The van der Waals surface area contributed by atoms with Gasteiger partial charge in [-0.15, -0.1) is 0 Å². The SMILES string of the molecule is CCCCn1c(O)c(C(=N)N)c(=O)n(C2CCC(C)(CN3C(=O)NC(=O)CC3(C)C)CC2)c1=O. The number of imide groups is 1.